The maximum Gasteiger partial charge on any atom is 0.435 e. The number of hydrogen-bond donors (Lipinski definition) is 1. The molecule has 0 bridgehead atoms. The van der Waals surface area contributed by atoms with Gasteiger partial charge in [0.25, 0.3) is 0 Å². The van der Waals surface area contributed by atoms with Gasteiger partial charge in [-0.25, -0.2) is 0 Å². The van der Waals surface area contributed by atoms with E-state index in [-0.39, 0.29) is 24.6 Å². The molecular formula is C17H16F3N5OS. The highest BCUT2D eigenvalue weighted by atomic mass is 32.1. The minimum atomic E-state index is -4.50. The Hall–Kier alpha value is -2.49. The summed E-state index contributed by atoms with van der Waals surface area (Å²) in [5.41, 5.74) is 2.19. The summed E-state index contributed by atoms with van der Waals surface area (Å²) in [6.45, 7) is 0.000872. The van der Waals surface area contributed by atoms with Gasteiger partial charge < -0.3 is 5.32 Å². The van der Waals surface area contributed by atoms with Crippen molar-refractivity contribution in [3.8, 4) is 0 Å². The number of fused-ring (bicyclic) bond motifs is 2. The second-order valence-corrected chi connectivity index (χ2v) is 6.99. The van der Waals surface area contributed by atoms with E-state index in [4.69, 9.17) is 0 Å². The molecule has 10 heteroatoms. The first-order valence-corrected chi connectivity index (χ1v) is 9.29. The molecule has 0 unspecified atom stereocenters. The maximum atomic E-state index is 13.2. The van der Waals surface area contributed by atoms with Gasteiger partial charge >= 0.3 is 6.18 Å². The van der Waals surface area contributed by atoms with Crippen LogP contribution in [0.3, 0.4) is 0 Å². The van der Waals surface area contributed by atoms with E-state index in [2.05, 4.69) is 19.2 Å². The lowest BCUT2D eigenvalue weighted by atomic mass is 9.95. The van der Waals surface area contributed by atoms with Crippen molar-refractivity contribution in [1.29, 1.82) is 0 Å². The summed E-state index contributed by atoms with van der Waals surface area (Å²) in [4.78, 5) is 12.3. The molecule has 1 aliphatic carbocycles. The van der Waals surface area contributed by atoms with Crippen molar-refractivity contribution in [2.24, 2.45) is 0 Å². The van der Waals surface area contributed by atoms with Crippen molar-refractivity contribution in [3.63, 3.8) is 0 Å². The number of halogens is 3. The van der Waals surface area contributed by atoms with Crippen LogP contribution in [0, 0.1) is 0 Å². The van der Waals surface area contributed by atoms with Gasteiger partial charge in [-0.3, -0.25) is 9.48 Å². The van der Waals surface area contributed by atoms with E-state index in [0.717, 1.165) is 34.7 Å². The van der Waals surface area contributed by atoms with Crippen LogP contribution in [0.25, 0.3) is 11.0 Å². The van der Waals surface area contributed by atoms with Gasteiger partial charge in [-0.15, -0.1) is 0 Å². The van der Waals surface area contributed by atoms with Gasteiger partial charge in [0.2, 0.25) is 5.91 Å². The summed E-state index contributed by atoms with van der Waals surface area (Å²) in [5, 5.41) is 6.45. The molecule has 1 aromatic carbocycles. The molecule has 0 radical (unpaired) electrons. The fraction of sp³-hybridized carbons (Fsp3) is 0.412. The van der Waals surface area contributed by atoms with Crippen LogP contribution in [0.1, 0.15) is 35.4 Å². The van der Waals surface area contributed by atoms with E-state index in [1.165, 1.54) is 4.68 Å². The molecule has 142 valence electrons. The smallest absolute Gasteiger partial charge is 0.350 e. The number of nitrogens with one attached hydrogen (secondary N) is 1. The van der Waals surface area contributed by atoms with Gasteiger partial charge in [-0.2, -0.15) is 27.0 Å². The Labute approximate surface area is 156 Å². The molecule has 1 aliphatic rings. The molecule has 0 aliphatic heterocycles. The van der Waals surface area contributed by atoms with Crippen LogP contribution >= 0.6 is 11.7 Å². The second-order valence-electron chi connectivity index (χ2n) is 6.46. The molecule has 4 rings (SSSR count). The molecule has 2 heterocycles. The van der Waals surface area contributed by atoms with Crippen LogP contribution in [0.4, 0.5) is 13.2 Å². The SMILES string of the molecule is O=C(Cn1nc(C(F)(F)F)c2c1CCCC2)NCc1cccc2nsnc12. The minimum Gasteiger partial charge on any atom is -0.350 e. The number of nitrogens with zero attached hydrogens (tertiary/aromatic N) is 4. The summed E-state index contributed by atoms with van der Waals surface area (Å²) < 4.78 is 49.2. The second kappa shape index (κ2) is 6.91. The molecule has 0 saturated heterocycles. The number of alkyl halides is 3. The predicted octanol–water partition coefficient (Wildman–Crippen LogP) is 3.10. The first kappa shape index (κ1) is 17.9. The molecule has 6 nitrogen and oxygen atoms in total. The van der Waals surface area contributed by atoms with Crippen LogP contribution in [-0.4, -0.2) is 24.4 Å². The van der Waals surface area contributed by atoms with Crippen molar-refractivity contribution in [2.45, 2.75) is 44.9 Å². The third kappa shape index (κ3) is 3.53. The Bertz CT molecular complexity index is 994. The topological polar surface area (TPSA) is 72.7 Å². The maximum absolute atomic E-state index is 13.2. The zero-order valence-corrected chi connectivity index (χ0v) is 15.0. The molecule has 0 saturated carbocycles. The number of hydrogen-bond acceptors (Lipinski definition) is 5. The average Bonchev–Trinajstić information content (AvgIpc) is 3.25. The van der Waals surface area contributed by atoms with Gasteiger partial charge in [0.15, 0.2) is 5.69 Å². The Morgan fingerprint density at radius 1 is 1.22 bits per heavy atom. The van der Waals surface area contributed by atoms with E-state index in [0.29, 0.717) is 25.0 Å². The summed E-state index contributed by atoms with van der Waals surface area (Å²) >= 11 is 1.09. The van der Waals surface area contributed by atoms with Gasteiger partial charge in [0.1, 0.15) is 17.6 Å². The highest BCUT2D eigenvalue weighted by Gasteiger charge is 2.39. The zero-order valence-electron chi connectivity index (χ0n) is 14.2. The zero-order chi connectivity index (χ0) is 19.0. The van der Waals surface area contributed by atoms with Crippen LogP contribution in [0.2, 0.25) is 0 Å². The van der Waals surface area contributed by atoms with E-state index in [9.17, 15) is 18.0 Å². The van der Waals surface area contributed by atoms with Crippen LogP contribution in [-0.2, 0) is 36.9 Å². The Morgan fingerprint density at radius 2 is 2.04 bits per heavy atom. The summed E-state index contributed by atoms with van der Waals surface area (Å²) in [5.74, 6) is -0.389. The minimum absolute atomic E-state index is 0.232. The molecule has 0 atom stereocenters. The van der Waals surface area contributed by atoms with Crippen LogP contribution < -0.4 is 5.32 Å². The first-order chi connectivity index (χ1) is 12.9. The molecule has 27 heavy (non-hydrogen) atoms. The molecule has 2 aromatic heterocycles. The first-order valence-electron chi connectivity index (χ1n) is 8.56. The molecule has 3 aromatic rings. The Balaban J connectivity index is 1.50. The van der Waals surface area contributed by atoms with E-state index < -0.39 is 11.9 Å². The lowest BCUT2D eigenvalue weighted by Crippen LogP contribution is -2.28. The quantitative estimate of drug-likeness (QED) is 0.737. The van der Waals surface area contributed by atoms with Gasteiger partial charge in [0, 0.05) is 23.4 Å². The lowest BCUT2D eigenvalue weighted by molar-refractivity contribution is -0.142. The largest absolute Gasteiger partial charge is 0.435 e. The Kier molecular flexibility index (Phi) is 4.58. The standard InChI is InChI=1S/C17H16F3N5OS/c18-17(19,20)16-11-5-1-2-7-13(11)25(22-16)9-14(26)21-8-10-4-3-6-12-15(10)24-27-23-12/h3-4,6H,1-2,5,7-9H2,(H,21,26). The number of amides is 1. The highest BCUT2D eigenvalue weighted by molar-refractivity contribution is 7.00. The number of aromatic nitrogens is 4. The predicted molar refractivity (Wildman–Crippen MR) is 93.1 cm³/mol. The van der Waals surface area contributed by atoms with Crippen molar-refractivity contribution < 1.29 is 18.0 Å². The van der Waals surface area contributed by atoms with Crippen LogP contribution in [0.5, 0.6) is 0 Å². The lowest BCUT2D eigenvalue weighted by Gasteiger charge is -2.14. The van der Waals surface area contributed by atoms with Crippen molar-refractivity contribution in [1.82, 2.24) is 23.8 Å². The summed E-state index contributed by atoms with van der Waals surface area (Å²) in [6.07, 6.45) is -2.13. The monoisotopic (exact) mass is 395 g/mol. The van der Waals surface area contributed by atoms with Crippen LogP contribution in [0.15, 0.2) is 18.2 Å². The molecular weight excluding hydrogens is 379 g/mol. The molecule has 0 spiro atoms. The summed E-state index contributed by atoms with van der Waals surface area (Å²) in [7, 11) is 0. The van der Waals surface area contributed by atoms with Crippen molar-refractivity contribution >= 4 is 28.7 Å². The van der Waals surface area contributed by atoms with Crippen molar-refractivity contribution in [2.75, 3.05) is 0 Å². The van der Waals surface area contributed by atoms with E-state index in [1.54, 1.807) is 0 Å². The number of carbonyl (C=O) groups is 1. The summed E-state index contributed by atoms with van der Waals surface area (Å²) in [6, 6.07) is 5.49. The molecule has 1 amide bonds. The normalized spacial score (nSPS) is 14.3. The van der Waals surface area contributed by atoms with Crippen molar-refractivity contribution in [3.05, 3.63) is 40.7 Å². The van der Waals surface area contributed by atoms with E-state index >= 15 is 0 Å². The van der Waals surface area contributed by atoms with Gasteiger partial charge in [-0.05, 0) is 31.7 Å². The fourth-order valence-corrected chi connectivity index (χ4v) is 3.99. The van der Waals surface area contributed by atoms with E-state index in [1.807, 2.05) is 18.2 Å². The third-order valence-corrected chi connectivity index (χ3v) is 5.21. The molecule has 1 N–H and O–H groups in total. The number of benzene rings is 1. The van der Waals surface area contributed by atoms with Gasteiger partial charge in [0.05, 0.1) is 11.7 Å². The average molecular weight is 395 g/mol. The highest BCUT2D eigenvalue weighted by Crippen LogP contribution is 2.35. The number of carbonyl (C=O) groups excluding carboxylic acids is 1. The molecule has 0 fully saturated rings. The Morgan fingerprint density at radius 3 is 2.85 bits per heavy atom. The fourth-order valence-electron chi connectivity index (χ4n) is 3.42. The number of rotatable bonds is 4. The van der Waals surface area contributed by atoms with Gasteiger partial charge in [-0.1, -0.05) is 12.1 Å². The third-order valence-electron chi connectivity index (χ3n) is 4.66.